The highest BCUT2D eigenvalue weighted by Crippen LogP contribution is 2.49. The first kappa shape index (κ1) is 41.6. The maximum absolute atomic E-state index is 6.90. The summed E-state index contributed by atoms with van der Waals surface area (Å²) in [7, 11) is 32.8. The number of aromatic nitrogens is 1. The third kappa shape index (κ3) is 6.02. The number of hydrogen-bond donors (Lipinski definition) is 0. The number of fused-ring (bicyclic) bond motifs is 10. The van der Waals surface area contributed by atoms with Crippen LogP contribution in [-0.2, 0) is 0 Å². The number of para-hydroxylation sites is 2. The number of hydrogen-bond acceptors (Lipinski definition) is 1. The summed E-state index contributed by atoms with van der Waals surface area (Å²) in [5, 5.41) is 13.2. The van der Waals surface area contributed by atoms with Crippen molar-refractivity contribution < 1.29 is 4.42 Å². The van der Waals surface area contributed by atoms with Gasteiger partial charge in [-0.15, -0.1) is 16.4 Å². The molecule has 0 saturated carbocycles. The van der Waals surface area contributed by atoms with Crippen LogP contribution in [0.4, 0.5) is 0 Å². The van der Waals surface area contributed by atoms with E-state index in [1.54, 1.807) is 0 Å². The Balaban J connectivity index is 0.946. The standard InChI is InChI=1S/C64H34B5NO/c65-60-59(61(66)63(68)64(69)62(60)67)58-46-22-7-5-20-44(46)56(45-21-6-8-23-47(45)58)49-24-13-27-52-57(49)48-33-30-36(34-53(48)71-52)55-42-18-3-1-16-40(42)54(41-17-2-4-19-43(41)55)35-28-31-37(32-29-35)70-50-25-11-9-14-38(50)39-15-10-12-26-51(39)70/h1-34H. The molecule has 0 aliphatic carbocycles. The van der Waals surface area contributed by atoms with E-state index < -0.39 is 0 Å². The molecule has 14 aromatic rings. The molecule has 2 nitrogen and oxygen atoms in total. The molecule has 0 bridgehead atoms. The molecule has 10 radical (unpaired) electrons. The fraction of sp³-hybridized carbons (Fsp3) is 0. The van der Waals surface area contributed by atoms with E-state index in [2.05, 4.69) is 199 Å². The smallest absolute Gasteiger partial charge is 0.136 e. The second-order valence-electron chi connectivity index (χ2n) is 18.5. The fourth-order valence-corrected chi connectivity index (χ4v) is 11.7. The molecule has 12 aromatic carbocycles. The summed E-state index contributed by atoms with van der Waals surface area (Å²) in [6.07, 6.45) is 0. The number of furan rings is 1. The lowest BCUT2D eigenvalue weighted by Gasteiger charge is -2.25. The topological polar surface area (TPSA) is 18.1 Å². The van der Waals surface area contributed by atoms with Gasteiger partial charge in [0.15, 0.2) is 0 Å². The van der Waals surface area contributed by atoms with E-state index in [-0.39, 0.29) is 16.4 Å². The van der Waals surface area contributed by atoms with Gasteiger partial charge in [0.05, 0.1) is 11.0 Å². The first-order valence-electron chi connectivity index (χ1n) is 23.8. The normalized spacial score (nSPS) is 11.9. The van der Waals surface area contributed by atoms with Crippen molar-refractivity contribution in [3.63, 3.8) is 0 Å². The van der Waals surface area contributed by atoms with Crippen molar-refractivity contribution in [3.05, 3.63) is 206 Å². The molecule has 2 heterocycles. The van der Waals surface area contributed by atoms with Crippen LogP contribution in [0.15, 0.2) is 211 Å². The van der Waals surface area contributed by atoms with Crippen LogP contribution >= 0.6 is 0 Å². The summed E-state index contributed by atoms with van der Waals surface area (Å²) in [5.74, 6) is 0. The quantitative estimate of drug-likeness (QED) is 0.124. The van der Waals surface area contributed by atoms with Gasteiger partial charge in [0.2, 0.25) is 0 Å². The summed E-state index contributed by atoms with van der Waals surface area (Å²) >= 11 is 0. The number of benzene rings is 12. The van der Waals surface area contributed by atoms with E-state index in [9.17, 15) is 0 Å². The van der Waals surface area contributed by atoms with Crippen molar-refractivity contribution >= 4 is 153 Å². The van der Waals surface area contributed by atoms with Crippen LogP contribution in [0.25, 0.3) is 137 Å². The molecule has 0 spiro atoms. The Bertz CT molecular complexity index is 4390. The Labute approximate surface area is 416 Å². The van der Waals surface area contributed by atoms with Crippen molar-refractivity contribution in [1.29, 1.82) is 0 Å². The second kappa shape index (κ2) is 15.8. The largest absolute Gasteiger partial charge is 0.456 e. The minimum absolute atomic E-state index is 0.187. The van der Waals surface area contributed by atoms with Crippen LogP contribution in [0, 0.1) is 0 Å². The van der Waals surface area contributed by atoms with Gasteiger partial charge >= 0.3 is 0 Å². The first-order valence-corrected chi connectivity index (χ1v) is 23.8. The van der Waals surface area contributed by atoms with Crippen molar-refractivity contribution in [3.8, 4) is 50.2 Å². The molecule has 2 aromatic heterocycles. The lowest BCUT2D eigenvalue weighted by atomic mass is 9.59. The van der Waals surface area contributed by atoms with Gasteiger partial charge in [0.25, 0.3) is 0 Å². The molecule has 7 heteroatoms. The predicted molar refractivity (Wildman–Crippen MR) is 307 cm³/mol. The van der Waals surface area contributed by atoms with E-state index >= 15 is 0 Å². The fourth-order valence-electron chi connectivity index (χ4n) is 11.7. The minimum atomic E-state index is 0.187. The van der Waals surface area contributed by atoms with E-state index in [0.717, 1.165) is 77.0 Å². The van der Waals surface area contributed by atoms with Gasteiger partial charge in [-0.05, 0) is 130 Å². The highest BCUT2D eigenvalue weighted by atomic mass is 16.3. The zero-order valence-electron chi connectivity index (χ0n) is 38.4. The third-order valence-corrected chi connectivity index (χ3v) is 14.9. The summed E-state index contributed by atoms with van der Waals surface area (Å²) in [5.41, 5.74) is 14.5. The molecule has 0 fully saturated rings. The maximum Gasteiger partial charge on any atom is 0.136 e. The summed E-state index contributed by atoms with van der Waals surface area (Å²) in [6.45, 7) is 0. The molecule has 0 unspecified atom stereocenters. The molecule has 316 valence electrons. The minimum Gasteiger partial charge on any atom is -0.456 e. The van der Waals surface area contributed by atoms with Crippen molar-refractivity contribution in [2.45, 2.75) is 0 Å². The second-order valence-corrected chi connectivity index (χ2v) is 18.5. The SMILES string of the molecule is [B]c1c([B])c([B])c(-c2c3ccccc3c(-c3cccc4oc5cc(-c6c7ccccc7c(-c7ccc(-n8c9ccccc9c9ccccc98)cc7)c7ccccc67)ccc5c34)c3ccccc23)c([B])c1[B]. The molecule has 71 heavy (non-hydrogen) atoms. The summed E-state index contributed by atoms with van der Waals surface area (Å²) in [4.78, 5) is 0. The molecule has 0 N–H and O–H groups in total. The Morgan fingerprint density at radius 2 is 0.690 bits per heavy atom. The van der Waals surface area contributed by atoms with Gasteiger partial charge in [0, 0.05) is 27.2 Å². The Morgan fingerprint density at radius 3 is 1.20 bits per heavy atom. The highest BCUT2D eigenvalue weighted by molar-refractivity contribution is 6.69. The third-order valence-electron chi connectivity index (χ3n) is 14.9. The molecular formula is C64H34B5NO. The molecular weight excluding hydrogens is 853 g/mol. The Kier molecular flexibility index (Phi) is 9.26. The monoisotopic (exact) mass is 887 g/mol. The zero-order valence-corrected chi connectivity index (χ0v) is 38.4. The average Bonchev–Trinajstić information content (AvgIpc) is 3.97. The van der Waals surface area contributed by atoms with Crippen LogP contribution < -0.4 is 27.3 Å². The molecule has 0 aliphatic heterocycles. The van der Waals surface area contributed by atoms with E-state index in [1.165, 1.54) is 54.5 Å². The molecule has 0 atom stereocenters. The van der Waals surface area contributed by atoms with E-state index in [0.29, 0.717) is 16.5 Å². The lowest BCUT2D eigenvalue weighted by Crippen LogP contribution is -2.55. The van der Waals surface area contributed by atoms with Gasteiger partial charge in [-0.3, -0.25) is 0 Å². The zero-order chi connectivity index (χ0) is 47.6. The highest BCUT2D eigenvalue weighted by Gasteiger charge is 2.24. The molecule has 0 amide bonds. The number of nitrogens with zero attached hydrogens (tertiary/aromatic N) is 1. The van der Waals surface area contributed by atoms with Gasteiger partial charge in [-0.25, -0.2) is 0 Å². The summed E-state index contributed by atoms with van der Waals surface area (Å²) < 4.78 is 9.27. The Morgan fingerprint density at radius 1 is 0.282 bits per heavy atom. The summed E-state index contributed by atoms with van der Waals surface area (Å²) in [6, 6.07) is 73.7. The Hall–Kier alpha value is -8.40. The van der Waals surface area contributed by atoms with Gasteiger partial charge < -0.3 is 8.98 Å². The van der Waals surface area contributed by atoms with Crippen LogP contribution in [0.2, 0.25) is 0 Å². The van der Waals surface area contributed by atoms with E-state index in [4.69, 9.17) is 43.6 Å². The van der Waals surface area contributed by atoms with Crippen LogP contribution in [-0.4, -0.2) is 43.8 Å². The average molecular weight is 887 g/mol. The number of rotatable bonds is 5. The van der Waals surface area contributed by atoms with Crippen LogP contribution in [0.1, 0.15) is 0 Å². The maximum atomic E-state index is 6.90. The van der Waals surface area contributed by atoms with Gasteiger partial charge in [0.1, 0.15) is 50.4 Å². The first-order chi connectivity index (χ1) is 34.9. The van der Waals surface area contributed by atoms with E-state index in [1.807, 2.05) is 12.1 Å². The molecule has 14 rings (SSSR count). The lowest BCUT2D eigenvalue weighted by molar-refractivity contribution is 0.669. The van der Waals surface area contributed by atoms with Crippen LogP contribution in [0.5, 0.6) is 0 Å². The van der Waals surface area contributed by atoms with Crippen molar-refractivity contribution in [2.75, 3.05) is 0 Å². The van der Waals surface area contributed by atoms with Crippen molar-refractivity contribution in [2.24, 2.45) is 0 Å². The van der Waals surface area contributed by atoms with Gasteiger partial charge in [-0.1, -0.05) is 175 Å². The molecule has 0 aliphatic rings. The molecule has 0 saturated heterocycles. The predicted octanol–water partition coefficient (Wildman–Crippen LogP) is 11.9. The van der Waals surface area contributed by atoms with Crippen LogP contribution in [0.3, 0.4) is 0 Å². The van der Waals surface area contributed by atoms with Crippen molar-refractivity contribution in [1.82, 2.24) is 4.57 Å². The van der Waals surface area contributed by atoms with Gasteiger partial charge in [-0.2, -0.15) is 0 Å².